The Bertz CT molecular complexity index is 282. The predicted molar refractivity (Wildman–Crippen MR) is 41.3 cm³/mol. The molecule has 12 heavy (non-hydrogen) atoms. The van der Waals surface area contributed by atoms with Crippen LogP contribution in [0.2, 0.25) is 0 Å². The van der Waals surface area contributed by atoms with Crippen LogP contribution in [0.5, 0.6) is 0 Å². The summed E-state index contributed by atoms with van der Waals surface area (Å²) in [5.41, 5.74) is 0. The van der Waals surface area contributed by atoms with E-state index in [9.17, 15) is 13.2 Å². The van der Waals surface area contributed by atoms with Gasteiger partial charge in [-0.3, -0.25) is 9.45 Å². The zero-order valence-electron chi connectivity index (χ0n) is 6.97. The first-order valence-corrected chi connectivity index (χ1v) is 4.46. The van der Waals surface area contributed by atoms with E-state index in [-0.39, 0.29) is 0 Å². The molecule has 1 unspecified atom stereocenters. The molecule has 0 bridgehead atoms. The minimum absolute atomic E-state index is 0.907. The number of rotatable bonds is 3. The van der Waals surface area contributed by atoms with Gasteiger partial charge in [-0.2, -0.15) is 8.42 Å². The Balaban J connectivity index is 5.33. The zero-order valence-corrected chi connectivity index (χ0v) is 7.79. The third-order valence-electron chi connectivity index (χ3n) is 1.75. The van der Waals surface area contributed by atoms with Crippen molar-refractivity contribution >= 4 is 16.1 Å². The van der Waals surface area contributed by atoms with Crippen LogP contribution < -0.4 is 0 Å². The fourth-order valence-corrected chi connectivity index (χ4v) is 1.21. The van der Waals surface area contributed by atoms with Gasteiger partial charge < -0.3 is 5.11 Å². The topological polar surface area (TPSA) is 94.9 Å². The molecule has 2 N–H and O–H groups in total. The van der Waals surface area contributed by atoms with Gasteiger partial charge in [-0.25, -0.2) is 4.79 Å². The lowest BCUT2D eigenvalue weighted by Crippen LogP contribution is -2.54. The van der Waals surface area contributed by atoms with Gasteiger partial charge in [-0.15, -0.1) is 0 Å². The molecule has 0 saturated carbocycles. The van der Waals surface area contributed by atoms with Crippen molar-refractivity contribution in [2.75, 3.05) is 14.1 Å². The highest BCUT2D eigenvalue weighted by Gasteiger charge is 2.48. The number of carboxylic acids is 1. The van der Waals surface area contributed by atoms with Crippen LogP contribution in [0.25, 0.3) is 0 Å². The van der Waals surface area contributed by atoms with Crippen LogP contribution in [0.15, 0.2) is 0 Å². The largest absolute Gasteiger partial charge is 0.479 e. The van der Waals surface area contributed by atoms with Crippen molar-refractivity contribution in [2.45, 2.75) is 11.8 Å². The van der Waals surface area contributed by atoms with Crippen molar-refractivity contribution in [2.24, 2.45) is 0 Å². The van der Waals surface area contributed by atoms with Gasteiger partial charge in [0.2, 0.25) is 4.87 Å². The summed E-state index contributed by atoms with van der Waals surface area (Å²) in [6, 6.07) is 0. The lowest BCUT2D eigenvalue weighted by Gasteiger charge is -2.28. The quantitative estimate of drug-likeness (QED) is 0.577. The summed E-state index contributed by atoms with van der Waals surface area (Å²) in [5.74, 6) is -1.62. The lowest BCUT2D eigenvalue weighted by atomic mass is 10.3. The normalized spacial score (nSPS) is 17.4. The number of aliphatic carboxylic acids is 1. The van der Waals surface area contributed by atoms with Crippen LogP contribution in [0.4, 0.5) is 0 Å². The number of hydrogen-bond donors (Lipinski definition) is 2. The average molecular weight is 197 g/mol. The van der Waals surface area contributed by atoms with E-state index in [0.29, 0.717) is 0 Å². The highest BCUT2D eigenvalue weighted by molar-refractivity contribution is 7.88. The van der Waals surface area contributed by atoms with E-state index in [2.05, 4.69) is 0 Å². The van der Waals surface area contributed by atoms with Crippen molar-refractivity contribution in [3.8, 4) is 0 Å². The summed E-state index contributed by atoms with van der Waals surface area (Å²) >= 11 is 0. The summed E-state index contributed by atoms with van der Waals surface area (Å²) in [6.07, 6.45) is 0. The molecule has 1 atom stereocenters. The third kappa shape index (κ3) is 1.57. The Hall–Kier alpha value is -0.660. The molecule has 0 aliphatic heterocycles. The van der Waals surface area contributed by atoms with Crippen LogP contribution in [-0.2, 0) is 14.9 Å². The van der Waals surface area contributed by atoms with Crippen LogP contribution in [0, 0.1) is 0 Å². The van der Waals surface area contributed by atoms with Crippen molar-refractivity contribution in [1.29, 1.82) is 0 Å². The summed E-state index contributed by atoms with van der Waals surface area (Å²) in [4.78, 5) is 9.15. The van der Waals surface area contributed by atoms with Crippen molar-refractivity contribution in [3.63, 3.8) is 0 Å². The lowest BCUT2D eigenvalue weighted by molar-refractivity contribution is -0.144. The standard InChI is InChI=1S/C5H11NO5S/c1-5(4(7)8,6(2)3)12(9,10)11/h1-3H3,(H,7,8)(H,9,10,11). The van der Waals surface area contributed by atoms with E-state index >= 15 is 0 Å². The Morgan fingerprint density at radius 1 is 1.42 bits per heavy atom. The molecule has 0 aromatic carbocycles. The smallest absolute Gasteiger partial charge is 0.342 e. The van der Waals surface area contributed by atoms with Gasteiger partial charge >= 0.3 is 5.97 Å². The van der Waals surface area contributed by atoms with Crippen molar-refractivity contribution in [3.05, 3.63) is 0 Å². The van der Waals surface area contributed by atoms with Gasteiger partial charge in [0.15, 0.2) is 0 Å². The monoisotopic (exact) mass is 197 g/mol. The SMILES string of the molecule is CN(C)C(C)(C(=O)O)S(=O)(=O)O. The number of nitrogens with zero attached hydrogens (tertiary/aromatic N) is 1. The highest BCUT2D eigenvalue weighted by atomic mass is 32.2. The second-order valence-corrected chi connectivity index (χ2v) is 4.40. The summed E-state index contributed by atoms with van der Waals surface area (Å²) in [6.45, 7) is 0.907. The van der Waals surface area contributed by atoms with Gasteiger partial charge in [0, 0.05) is 0 Å². The Labute approximate surface area is 70.5 Å². The molecular formula is C5H11NO5S. The van der Waals surface area contributed by atoms with Crippen LogP contribution in [0.3, 0.4) is 0 Å². The molecule has 6 nitrogen and oxygen atoms in total. The maximum Gasteiger partial charge on any atom is 0.342 e. The zero-order chi connectivity index (χ0) is 10.2. The number of hydrogen-bond acceptors (Lipinski definition) is 4. The van der Waals surface area contributed by atoms with E-state index < -0.39 is 21.0 Å². The van der Waals surface area contributed by atoms with E-state index in [0.717, 1.165) is 11.8 Å². The molecule has 0 amide bonds. The Kier molecular flexibility index (Phi) is 2.83. The molecular weight excluding hydrogens is 186 g/mol. The molecule has 0 aliphatic carbocycles. The molecule has 72 valence electrons. The molecule has 0 spiro atoms. The van der Waals surface area contributed by atoms with Gasteiger partial charge in [0.1, 0.15) is 0 Å². The van der Waals surface area contributed by atoms with Crippen molar-refractivity contribution < 1.29 is 22.9 Å². The highest BCUT2D eigenvalue weighted by Crippen LogP contribution is 2.18. The molecule has 0 radical (unpaired) electrons. The van der Waals surface area contributed by atoms with Crippen LogP contribution in [-0.4, -0.2) is 47.9 Å². The second-order valence-electron chi connectivity index (χ2n) is 2.66. The van der Waals surface area contributed by atoms with E-state index in [1.807, 2.05) is 0 Å². The Morgan fingerprint density at radius 3 is 1.75 bits per heavy atom. The molecule has 0 aromatic rings. The average Bonchev–Trinajstić information content (AvgIpc) is 1.82. The minimum Gasteiger partial charge on any atom is -0.479 e. The van der Waals surface area contributed by atoms with Gasteiger partial charge in [-0.1, -0.05) is 0 Å². The van der Waals surface area contributed by atoms with E-state index in [1.54, 1.807) is 0 Å². The van der Waals surface area contributed by atoms with Crippen LogP contribution in [0.1, 0.15) is 6.92 Å². The Morgan fingerprint density at radius 2 is 1.75 bits per heavy atom. The van der Waals surface area contributed by atoms with Gasteiger partial charge in [0.05, 0.1) is 0 Å². The van der Waals surface area contributed by atoms with Crippen molar-refractivity contribution in [1.82, 2.24) is 4.90 Å². The molecule has 7 heteroatoms. The van der Waals surface area contributed by atoms with Gasteiger partial charge in [-0.05, 0) is 21.0 Å². The summed E-state index contributed by atoms with van der Waals surface area (Å²) in [5, 5.41) is 8.56. The van der Waals surface area contributed by atoms with Crippen LogP contribution >= 0.6 is 0 Å². The summed E-state index contributed by atoms with van der Waals surface area (Å²) in [7, 11) is -2.13. The number of likely N-dealkylation sites (N-methyl/N-ethyl adjacent to an activating group) is 1. The first kappa shape index (κ1) is 11.3. The van der Waals surface area contributed by atoms with E-state index in [1.165, 1.54) is 14.1 Å². The third-order valence-corrected chi connectivity index (χ3v) is 3.30. The maximum absolute atomic E-state index is 10.7. The molecule has 0 aromatic heterocycles. The molecule has 0 aliphatic rings. The molecule has 0 heterocycles. The fraction of sp³-hybridized carbons (Fsp3) is 0.800. The molecule has 0 rings (SSSR count). The van der Waals surface area contributed by atoms with E-state index in [4.69, 9.17) is 9.66 Å². The number of carboxylic acid groups (broad SMARTS) is 1. The number of carbonyl (C=O) groups is 1. The molecule has 0 fully saturated rings. The van der Waals surface area contributed by atoms with Gasteiger partial charge in [0.25, 0.3) is 10.1 Å². The predicted octanol–water partition coefficient (Wildman–Crippen LogP) is -0.763. The minimum atomic E-state index is -4.64. The first-order chi connectivity index (χ1) is 5.14. The fourth-order valence-electron chi connectivity index (χ4n) is 0.532. The molecule has 0 saturated heterocycles. The summed E-state index contributed by atoms with van der Waals surface area (Å²) < 4.78 is 30.0. The first-order valence-electron chi connectivity index (χ1n) is 3.02. The second kappa shape index (κ2) is 3.00. The maximum atomic E-state index is 10.7.